The van der Waals surface area contributed by atoms with E-state index in [1.807, 2.05) is 25.7 Å². The van der Waals surface area contributed by atoms with Gasteiger partial charge in [0.15, 0.2) is 5.96 Å². The number of carbonyl (C=O) groups is 1. The van der Waals surface area contributed by atoms with Crippen LogP contribution in [0.15, 0.2) is 4.99 Å². The summed E-state index contributed by atoms with van der Waals surface area (Å²) < 4.78 is 5.50. The van der Waals surface area contributed by atoms with Gasteiger partial charge >= 0.3 is 6.09 Å². The van der Waals surface area contributed by atoms with Gasteiger partial charge in [0.1, 0.15) is 5.60 Å². The standard InChI is InChI=1S/C19H37N5O2.HI/c1-14(2)10-15(22(6)7)11-20-17-21-12-16-13-23(8-9-24(16)17)18(25)26-19(3,4)5;/h14-16H,8-13H2,1-7H3,(H,20,21);1H. The fourth-order valence-electron chi connectivity index (χ4n) is 3.45. The van der Waals surface area contributed by atoms with Crippen LogP contribution in [0.25, 0.3) is 0 Å². The lowest BCUT2D eigenvalue weighted by Crippen LogP contribution is -2.58. The summed E-state index contributed by atoms with van der Waals surface area (Å²) in [5.41, 5.74) is -0.454. The van der Waals surface area contributed by atoms with Crippen molar-refractivity contribution < 1.29 is 9.53 Å². The molecule has 0 aliphatic carbocycles. The van der Waals surface area contributed by atoms with Crippen molar-refractivity contribution >= 4 is 36.0 Å². The van der Waals surface area contributed by atoms with Crippen molar-refractivity contribution in [2.24, 2.45) is 10.9 Å². The van der Waals surface area contributed by atoms with Gasteiger partial charge in [-0.25, -0.2) is 4.79 Å². The predicted molar refractivity (Wildman–Crippen MR) is 121 cm³/mol. The number of guanidine groups is 1. The molecular weight excluding hydrogens is 457 g/mol. The maximum absolute atomic E-state index is 12.3. The number of likely N-dealkylation sites (N-methyl/N-ethyl adjacent to an activating group) is 1. The van der Waals surface area contributed by atoms with Crippen LogP contribution in [0.3, 0.4) is 0 Å². The number of fused-ring (bicyclic) bond motifs is 1. The number of hydrogen-bond donors (Lipinski definition) is 1. The van der Waals surface area contributed by atoms with Crippen molar-refractivity contribution in [1.82, 2.24) is 20.0 Å². The maximum Gasteiger partial charge on any atom is 0.410 e. The van der Waals surface area contributed by atoms with Gasteiger partial charge in [0.25, 0.3) is 0 Å². The third-order valence-electron chi connectivity index (χ3n) is 4.83. The summed E-state index contributed by atoms with van der Waals surface area (Å²) in [4.78, 5) is 23.4. The van der Waals surface area contributed by atoms with E-state index in [2.05, 4.69) is 43.1 Å². The van der Waals surface area contributed by atoms with Crippen LogP contribution >= 0.6 is 24.0 Å². The van der Waals surface area contributed by atoms with Crippen molar-refractivity contribution in [2.75, 3.05) is 46.8 Å². The van der Waals surface area contributed by atoms with E-state index in [1.54, 1.807) is 0 Å². The van der Waals surface area contributed by atoms with Crippen LogP contribution in [0.1, 0.15) is 41.0 Å². The summed E-state index contributed by atoms with van der Waals surface area (Å²) in [6.07, 6.45) is 0.937. The van der Waals surface area contributed by atoms with E-state index in [4.69, 9.17) is 9.73 Å². The van der Waals surface area contributed by atoms with Gasteiger partial charge in [-0.2, -0.15) is 0 Å². The minimum atomic E-state index is -0.454. The fraction of sp³-hybridized carbons (Fsp3) is 0.895. The Hall–Kier alpha value is -0.770. The SMILES string of the molecule is CC(C)CC(CNC1=NCC2CN(C(=O)OC(C)(C)C)CCN12)N(C)C.I. The highest BCUT2D eigenvalue weighted by atomic mass is 127. The number of aliphatic imine (C=N–C) groups is 1. The first-order valence-corrected chi connectivity index (χ1v) is 9.76. The van der Waals surface area contributed by atoms with Gasteiger partial charge in [-0.05, 0) is 47.2 Å². The number of nitrogens with zero attached hydrogens (tertiary/aromatic N) is 4. The van der Waals surface area contributed by atoms with Gasteiger partial charge in [0, 0.05) is 32.2 Å². The van der Waals surface area contributed by atoms with Gasteiger partial charge in [0.2, 0.25) is 0 Å². The lowest BCUT2D eigenvalue weighted by Gasteiger charge is -2.39. The first-order chi connectivity index (χ1) is 12.1. The molecule has 0 aromatic rings. The van der Waals surface area contributed by atoms with Crippen LogP contribution in [0.5, 0.6) is 0 Å². The fourth-order valence-corrected chi connectivity index (χ4v) is 3.45. The molecule has 2 heterocycles. The number of carbonyl (C=O) groups excluding carboxylic acids is 1. The molecule has 158 valence electrons. The number of halogens is 1. The molecule has 2 aliphatic rings. The molecule has 1 fully saturated rings. The molecule has 0 radical (unpaired) electrons. The van der Waals surface area contributed by atoms with Crippen molar-refractivity contribution in [3.05, 3.63) is 0 Å². The minimum Gasteiger partial charge on any atom is -0.444 e. The molecule has 1 amide bonds. The molecule has 2 aliphatic heterocycles. The highest BCUT2D eigenvalue weighted by Crippen LogP contribution is 2.19. The van der Waals surface area contributed by atoms with E-state index < -0.39 is 5.60 Å². The lowest BCUT2D eigenvalue weighted by molar-refractivity contribution is 0.0137. The molecule has 0 bridgehead atoms. The van der Waals surface area contributed by atoms with Crippen LogP contribution < -0.4 is 5.32 Å². The Bertz CT molecular complexity index is 519. The Kier molecular flexibility index (Phi) is 9.11. The Morgan fingerprint density at radius 1 is 1.33 bits per heavy atom. The number of ether oxygens (including phenoxy) is 1. The zero-order valence-electron chi connectivity index (χ0n) is 18.0. The Balaban J connectivity index is 0.00000364. The number of rotatable bonds is 5. The predicted octanol–water partition coefficient (Wildman–Crippen LogP) is 2.46. The number of piperazine rings is 1. The Labute approximate surface area is 181 Å². The van der Waals surface area contributed by atoms with Crippen LogP contribution in [-0.2, 0) is 4.74 Å². The summed E-state index contributed by atoms with van der Waals surface area (Å²) in [6.45, 7) is 14.0. The van der Waals surface area contributed by atoms with Gasteiger partial charge in [0.05, 0.1) is 12.6 Å². The zero-order valence-corrected chi connectivity index (χ0v) is 20.3. The highest BCUT2D eigenvalue weighted by molar-refractivity contribution is 14.0. The van der Waals surface area contributed by atoms with E-state index in [9.17, 15) is 4.79 Å². The quantitative estimate of drug-likeness (QED) is 0.594. The summed E-state index contributed by atoms with van der Waals surface area (Å²) in [6, 6.07) is 0.737. The van der Waals surface area contributed by atoms with Crippen LogP contribution in [0.2, 0.25) is 0 Å². The molecule has 0 spiro atoms. The molecule has 0 saturated carbocycles. The van der Waals surface area contributed by atoms with Crippen LogP contribution in [-0.4, -0.2) is 91.3 Å². The van der Waals surface area contributed by atoms with E-state index >= 15 is 0 Å². The summed E-state index contributed by atoms with van der Waals surface area (Å²) in [5, 5.41) is 3.55. The first-order valence-electron chi connectivity index (χ1n) is 9.76. The number of nitrogens with one attached hydrogen (secondary N) is 1. The number of hydrogen-bond acceptors (Lipinski definition) is 6. The lowest BCUT2D eigenvalue weighted by atomic mass is 10.0. The Morgan fingerprint density at radius 3 is 2.56 bits per heavy atom. The third-order valence-corrected chi connectivity index (χ3v) is 4.83. The van der Waals surface area contributed by atoms with Gasteiger partial charge in [-0.15, -0.1) is 24.0 Å². The van der Waals surface area contributed by atoms with Gasteiger partial charge in [-0.1, -0.05) is 13.8 Å². The average Bonchev–Trinajstić information content (AvgIpc) is 2.91. The topological polar surface area (TPSA) is 60.4 Å². The van der Waals surface area contributed by atoms with E-state index in [-0.39, 0.29) is 36.1 Å². The molecule has 0 aromatic heterocycles. The molecule has 0 aromatic carbocycles. The molecule has 2 atom stereocenters. The van der Waals surface area contributed by atoms with Crippen molar-refractivity contribution in [1.29, 1.82) is 0 Å². The Morgan fingerprint density at radius 2 is 2.00 bits per heavy atom. The molecule has 2 unspecified atom stereocenters. The summed E-state index contributed by atoms with van der Waals surface area (Å²) >= 11 is 0. The van der Waals surface area contributed by atoms with Crippen molar-refractivity contribution in [3.63, 3.8) is 0 Å². The van der Waals surface area contributed by atoms with Gasteiger partial charge < -0.3 is 24.8 Å². The largest absolute Gasteiger partial charge is 0.444 e. The second kappa shape index (κ2) is 10.1. The third kappa shape index (κ3) is 7.29. The molecule has 2 rings (SSSR count). The maximum atomic E-state index is 12.3. The van der Waals surface area contributed by atoms with E-state index in [1.165, 1.54) is 0 Å². The highest BCUT2D eigenvalue weighted by Gasteiger charge is 2.36. The molecule has 1 saturated heterocycles. The summed E-state index contributed by atoms with van der Waals surface area (Å²) in [7, 11) is 4.27. The second-order valence-electron chi connectivity index (χ2n) is 9.07. The second-order valence-corrected chi connectivity index (χ2v) is 9.07. The van der Waals surface area contributed by atoms with Gasteiger partial charge in [-0.3, -0.25) is 4.99 Å². The number of amides is 1. The van der Waals surface area contributed by atoms with E-state index in [0.717, 1.165) is 32.0 Å². The van der Waals surface area contributed by atoms with Crippen LogP contribution in [0, 0.1) is 5.92 Å². The molecule has 27 heavy (non-hydrogen) atoms. The minimum absolute atomic E-state index is 0. The molecule has 7 nitrogen and oxygen atoms in total. The van der Waals surface area contributed by atoms with Crippen molar-refractivity contribution in [2.45, 2.75) is 58.7 Å². The normalized spacial score (nSPS) is 20.9. The monoisotopic (exact) mass is 495 g/mol. The van der Waals surface area contributed by atoms with Crippen LogP contribution in [0.4, 0.5) is 4.79 Å². The first kappa shape index (κ1) is 24.3. The summed E-state index contributed by atoms with van der Waals surface area (Å²) in [5.74, 6) is 1.65. The molecular formula is C19H38IN5O2. The molecule has 8 heteroatoms. The van der Waals surface area contributed by atoms with Crippen molar-refractivity contribution in [3.8, 4) is 0 Å². The van der Waals surface area contributed by atoms with E-state index in [0.29, 0.717) is 25.0 Å². The average molecular weight is 495 g/mol. The smallest absolute Gasteiger partial charge is 0.410 e. The zero-order chi connectivity index (χ0) is 19.5. The molecule has 1 N–H and O–H groups in total.